The molecular weight excluding hydrogens is 164 g/mol. The van der Waals surface area contributed by atoms with Crippen molar-refractivity contribution < 1.29 is 4.42 Å². The lowest BCUT2D eigenvalue weighted by atomic mass is 9.81. The zero-order chi connectivity index (χ0) is 9.10. The summed E-state index contributed by atoms with van der Waals surface area (Å²) in [5, 5.41) is 7.69. The molecule has 0 aromatic carbocycles. The van der Waals surface area contributed by atoms with Gasteiger partial charge in [-0.2, -0.15) is 0 Å². The first-order valence-electron chi connectivity index (χ1n) is 5.16. The van der Waals surface area contributed by atoms with Crippen LogP contribution >= 0.6 is 0 Å². The van der Waals surface area contributed by atoms with Gasteiger partial charge in [0.15, 0.2) is 0 Å². The van der Waals surface area contributed by atoms with E-state index in [2.05, 4.69) is 17.1 Å². The Morgan fingerprint density at radius 3 is 2.69 bits per heavy atom. The van der Waals surface area contributed by atoms with Gasteiger partial charge >= 0.3 is 0 Å². The first-order chi connectivity index (χ1) is 6.40. The Labute approximate surface area is 78.5 Å². The van der Waals surface area contributed by atoms with Crippen LogP contribution in [0.1, 0.15) is 50.8 Å². The summed E-state index contributed by atoms with van der Waals surface area (Å²) in [6.07, 6.45) is 7.84. The maximum Gasteiger partial charge on any atom is 0.219 e. The summed E-state index contributed by atoms with van der Waals surface area (Å²) in [6.45, 7) is 2.28. The smallest absolute Gasteiger partial charge is 0.219 e. The predicted octanol–water partition coefficient (Wildman–Crippen LogP) is 2.75. The summed E-state index contributed by atoms with van der Waals surface area (Å²) in [4.78, 5) is 0. The highest BCUT2D eigenvalue weighted by Crippen LogP contribution is 2.35. The molecule has 3 nitrogen and oxygen atoms in total. The molecule has 1 heterocycles. The first-order valence-corrected chi connectivity index (χ1v) is 5.16. The lowest BCUT2D eigenvalue weighted by Gasteiger charge is -2.25. The topological polar surface area (TPSA) is 38.9 Å². The minimum atomic E-state index is 0.533. The van der Waals surface area contributed by atoms with E-state index in [1.165, 1.54) is 38.5 Å². The molecule has 1 aliphatic carbocycles. The van der Waals surface area contributed by atoms with Crippen LogP contribution in [0.15, 0.2) is 10.8 Å². The molecule has 13 heavy (non-hydrogen) atoms. The van der Waals surface area contributed by atoms with Crippen molar-refractivity contribution in [3.63, 3.8) is 0 Å². The molecular formula is C10H16N2O. The summed E-state index contributed by atoms with van der Waals surface area (Å²) in [5.41, 5.74) is 0. The van der Waals surface area contributed by atoms with Crippen molar-refractivity contribution in [3.8, 4) is 0 Å². The van der Waals surface area contributed by atoms with Gasteiger partial charge in [-0.25, -0.2) is 0 Å². The molecule has 1 aromatic heterocycles. The molecule has 0 aliphatic heterocycles. The third-order valence-electron chi connectivity index (χ3n) is 3.15. The fourth-order valence-corrected chi connectivity index (χ4v) is 2.18. The average molecular weight is 180 g/mol. The number of hydrogen-bond donors (Lipinski definition) is 0. The van der Waals surface area contributed by atoms with Crippen LogP contribution in [0.25, 0.3) is 0 Å². The zero-order valence-corrected chi connectivity index (χ0v) is 8.07. The molecule has 0 radical (unpaired) electrons. The van der Waals surface area contributed by atoms with E-state index in [-0.39, 0.29) is 0 Å². The Kier molecular flexibility index (Phi) is 2.62. The zero-order valence-electron chi connectivity index (χ0n) is 8.07. The summed E-state index contributed by atoms with van der Waals surface area (Å²) in [6, 6.07) is 0. The summed E-state index contributed by atoms with van der Waals surface area (Å²) < 4.78 is 5.22. The van der Waals surface area contributed by atoms with E-state index in [1.807, 2.05) is 0 Å². The number of nitrogens with zero attached hydrogens (tertiary/aromatic N) is 2. The highest BCUT2D eigenvalue weighted by molar-refractivity contribution is 4.91. The largest absolute Gasteiger partial charge is 0.428 e. The van der Waals surface area contributed by atoms with Gasteiger partial charge in [0.05, 0.1) is 0 Å². The predicted molar refractivity (Wildman–Crippen MR) is 49.3 cm³/mol. The molecule has 1 saturated carbocycles. The van der Waals surface area contributed by atoms with Gasteiger partial charge in [-0.05, 0) is 31.6 Å². The molecule has 0 atom stereocenters. The van der Waals surface area contributed by atoms with Crippen molar-refractivity contribution in [2.24, 2.45) is 5.92 Å². The van der Waals surface area contributed by atoms with E-state index in [9.17, 15) is 0 Å². The Bertz CT molecular complexity index is 237. The highest BCUT2D eigenvalue weighted by Gasteiger charge is 2.24. The second-order valence-electron chi connectivity index (χ2n) is 3.90. The third kappa shape index (κ3) is 1.90. The van der Waals surface area contributed by atoms with Crippen molar-refractivity contribution >= 4 is 0 Å². The standard InChI is InChI=1S/C10H16N2O/c1-2-8-3-5-9(6-4-8)10-12-11-7-13-10/h7-9H,2-6H2,1H3. The Morgan fingerprint density at radius 1 is 1.38 bits per heavy atom. The van der Waals surface area contributed by atoms with E-state index in [0.717, 1.165) is 11.8 Å². The summed E-state index contributed by atoms with van der Waals surface area (Å²) in [5.74, 6) is 2.30. The van der Waals surface area contributed by atoms with Crippen LogP contribution in [0.4, 0.5) is 0 Å². The molecule has 1 aliphatic rings. The third-order valence-corrected chi connectivity index (χ3v) is 3.15. The maximum absolute atomic E-state index is 5.22. The number of hydrogen-bond acceptors (Lipinski definition) is 3. The molecule has 0 bridgehead atoms. The summed E-state index contributed by atoms with van der Waals surface area (Å²) in [7, 11) is 0. The van der Waals surface area contributed by atoms with Gasteiger partial charge in [-0.1, -0.05) is 13.3 Å². The maximum atomic E-state index is 5.22. The van der Waals surface area contributed by atoms with E-state index in [0.29, 0.717) is 5.92 Å². The van der Waals surface area contributed by atoms with Gasteiger partial charge in [-0.3, -0.25) is 0 Å². The quantitative estimate of drug-likeness (QED) is 0.702. The van der Waals surface area contributed by atoms with Crippen LogP contribution in [-0.4, -0.2) is 10.2 Å². The van der Waals surface area contributed by atoms with Gasteiger partial charge in [0, 0.05) is 5.92 Å². The van der Waals surface area contributed by atoms with Crippen LogP contribution in [0.2, 0.25) is 0 Å². The van der Waals surface area contributed by atoms with Crippen molar-refractivity contribution in [1.29, 1.82) is 0 Å². The molecule has 0 unspecified atom stereocenters. The molecule has 2 rings (SSSR count). The van der Waals surface area contributed by atoms with Crippen molar-refractivity contribution in [3.05, 3.63) is 12.3 Å². The van der Waals surface area contributed by atoms with E-state index >= 15 is 0 Å². The van der Waals surface area contributed by atoms with Crippen LogP contribution in [0.3, 0.4) is 0 Å². The van der Waals surface area contributed by atoms with Gasteiger partial charge in [0.25, 0.3) is 0 Å². The monoisotopic (exact) mass is 180 g/mol. The highest BCUT2D eigenvalue weighted by atomic mass is 16.4. The van der Waals surface area contributed by atoms with Gasteiger partial charge in [0.2, 0.25) is 12.3 Å². The Hall–Kier alpha value is -0.860. The Morgan fingerprint density at radius 2 is 2.15 bits per heavy atom. The second kappa shape index (κ2) is 3.90. The number of rotatable bonds is 2. The minimum absolute atomic E-state index is 0.533. The molecule has 72 valence electrons. The Balaban J connectivity index is 1.92. The molecule has 0 saturated heterocycles. The SMILES string of the molecule is CCC1CCC(c2nnco2)CC1. The van der Waals surface area contributed by atoms with Gasteiger partial charge in [-0.15, -0.1) is 10.2 Å². The second-order valence-corrected chi connectivity index (χ2v) is 3.90. The van der Waals surface area contributed by atoms with Gasteiger partial charge < -0.3 is 4.42 Å². The molecule has 1 aromatic rings. The molecule has 0 spiro atoms. The van der Waals surface area contributed by atoms with Crippen molar-refractivity contribution in [1.82, 2.24) is 10.2 Å². The first kappa shape index (κ1) is 8.73. The molecule has 0 N–H and O–H groups in total. The van der Waals surface area contributed by atoms with E-state index < -0.39 is 0 Å². The normalized spacial score (nSPS) is 29.0. The molecule has 1 fully saturated rings. The van der Waals surface area contributed by atoms with Crippen LogP contribution < -0.4 is 0 Å². The summed E-state index contributed by atoms with van der Waals surface area (Å²) >= 11 is 0. The van der Waals surface area contributed by atoms with Crippen LogP contribution in [0, 0.1) is 5.92 Å². The van der Waals surface area contributed by atoms with E-state index in [1.54, 1.807) is 0 Å². The molecule has 0 amide bonds. The molecule has 3 heteroatoms. The van der Waals surface area contributed by atoms with Crippen molar-refractivity contribution in [2.45, 2.75) is 44.9 Å². The van der Waals surface area contributed by atoms with Gasteiger partial charge in [0.1, 0.15) is 0 Å². The van der Waals surface area contributed by atoms with Crippen LogP contribution in [-0.2, 0) is 0 Å². The lowest BCUT2D eigenvalue weighted by Crippen LogP contribution is -2.12. The average Bonchev–Trinajstić information content (AvgIpc) is 2.71. The van der Waals surface area contributed by atoms with E-state index in [4.69, 9.17) is 4.42 Å². The fraction of sp³-hybridized carbons (Fsp3) is 0.800. The lowest BCUT2D eigenvalue weighted by molar-refractivity contribution is 0.287. The fourth-order valence-electron chi connectivity index (χ4n) is 2.18. The number of aromatic nitrogens is 2. The van der Waals surface area contributed by atoms with Crippen LogP contribution in [0.5, 0.6) is 0 Å². The minimum Gasteiger partial charge on any atom is -0.428 e. The van der Waals surface area contributed by atoms with Crippen molar-refractivity contribution in [2.75, 3.05) is 0 Å².